The maximum atomic E-state index is 11.2. The molecule has 0 bridgehead atoms. The fraction of sp³-hybridized carbons (Fsp3) is 0.600. The molecule has 3 heterocycles. The molecule has 2 aliphatic rings. The van der Waals surface area contributed by atoms with E-state index in [2.05, 4.69) is 30.4 Å². The summed E-state index contributed by atoms with van der Waals surface area (Å²) in [6, 6.07) is 0.286. The highest BCUT2D eigenvalue weighted by molar-refractivity contribution is 5.58. The lowest BCUT2D eigenvalue weighted by Crippen LogP contribution is -2.36. The maximum Gasteiger partial charge on any atom is 0.329 e. The monoisotopic (exact) mass is 344 g/mol. The number of hydrogen-bond donors (Lipinski definition) is 1. The van der Waals surface area contributed by atoms with Crippen molar-refractivity contribution in [1.82, 2.24) is 24.7 Å². The average molecular weight is 344 g/mol. The Balaban J connectivity index is 1.58. The van der Waals surface area contributed by atoms with E-state index < -0.39 is 4.92 Å². The Morgan fingerprint density at radius 2 is 2.20 bits per heavy atom. The van der Waals surface area contributed by atoms with Crippen molar-refractivity contribution in [2.24, 2.45) is 7.05 Å². The van der Waals surface area contributed by atoms with E-state index >= 15 is 0 Å². The predicted molar refractivity (Wildman–Crippen MR) is 90.5 cm³/mol. The number of hydrogen-bond acceptors (Lipinski definition) is 8. The third kappa shape index (κ3) is 3.24. The molecular formula is C15H20N8O2. The molecule has 132 valence electrons. The fourth-order valence-electron chi connectivity index (χ4n) is 3.21. The van der Waals surface area contributed by atoms with Crippen LogP contribution in [0.1, 0.15) is 37.4 Å². The molecule has 0 aromatic carbocycles. The van der Waals surface area contributed by atoms with Crippen LogP contribution in [0.3, 0.4) is 0 Å². The Labute approximate surface area is 144 Å². The third-order valence-electron chi connectivity index (χ3n) is 4.69. The van der Waals surface area contributed by atoms with Gasteiger partial charge in [-0.3, -0.25) is 10.1 Å². The van der Waals surface area contributed by atoms with E-state index in [0.717, 1.165) is 44.6 Å². The summed E-state index contributed by atoms with van der Waals surface area (Å²) in [6.45, 7) is 1.56. The molecule has 1 saturated carbocycles. The highest BCUT2D eigenvalue weighted by atomic mass is 16.6. The van der Waals surface area contributed by atoms with Gasteiger partial charge in [-0.1, -0.05) is 0 Å². The van der Waals surface area contributed by atoms with E-state index in [1.54, 1.807) is 6.33 Å². The quantitative estimate of drug-likeness (QED) is 0.640. The molecule has 1 aliphatic heterocycles. The molecule has 0 radical (unpaired) electrons. The normalized spacial score (nSPS) is 20.5. The summed E-state index contributed by atoms with van der Waals surface area (Å²) < 4.78 is 1.94. The number of aromatic nitrogens is 5. The first kappa shape index (κ1) is 15.7. The molecule has 1 unspecified atom stereocenters. The van der Waals surface area contributed by atoms with Crippen LogP contribution >= 0.6 is 0 Å². The number of nitro groups is 1. The molecule has 10 heteroatoms. The second-order valence-corrected chi connectivity index (χ2v) is 6.66. The molecule has 0 amide bonds. The van der Waals surface area contributed by atoms with Gasteiger partial charge in [-0.05, 0) is 25.7 Å². The van der Waals surface area contributed by atoms with Crippen molar-refractivity contribution in [3.05, 3.63) is 28.5 Å². The minimum atomic E-state index is -0.437. The van der Waals surface area contributed by atoms with Gasteiger partial charge in [-0.15, -0.1) is 10.2 Å². The van der Waals surface area contributed by atoms with Crippen LogP contribution in [-0.2, 0) is 7.05 Å². The van der Waals surface area contributed by atoms with Gasteiger partial charge in [0.2, 0.25) is 11.8 Å². The lowest BCUT2D eigenvalue weighted by atomic mass is 9.97. The van der Waals surface area contributed by atoms with E-state index in [4.69, 9.17) is 0 Å². The van der Waals surface area contributed by atoms with Gasteiger partial charge in [0.1, 0.15) is 18.3 Å². The molecule has 25 heavy (non-hydrogen) atoms. The molecule has 2 aromatic heterocycles. The second-order valence-electron chi connectivity index (χ2n) is 6.66. The minimum absolute atomic E-state index is 0.0717. The summed E-state index contributed by atoms with van der Waals surface area (Å²) in [5.41, 5.74) is -0.0717. The van der Waals surface area contributed by atoms with Gasteiger partial charge in [0.15, 0.2) is 0 Å². The van der Waals surface area contributed by atoms with Crippen LogP contribution in [0.4, 0.5) is 17.5 Å². The van der Waals surface area contributed by atoms with Crippen LogP contribution in [-0.4, -0.2) is 48.8 Å². The Hall–Kier alpha value is -2.78. The lowest BCUT2D eigenvalue weighted by molar-refractivity contribution is -0.384. The first-order chi connectivity index (χ1) is 12.1. The zero-order valence-corrected chi connectivity index (χ0v) is 14.0. The Morgan fingerprint density at radius 1 is 1.36 bits per heavy atom. The van der Waals surface area contributed by atoms with Crippen LogP contribution in [0.15, 0.2) is 12.5 Å². The van der Waals surface area contributed by atoms with Crippen LogP contribution in [0.2, 0.25) is 0 Å². The van der Waals surface area contributed by atoms with Crippen molar-refractivity contribution >= 4 is 17.5 Å². The highest BCUT2D eigenvalue weighted by Gasteiger charge is 2.30. The highest BCUT2D eigenvalue weighted by Crippen LogP contribution is 2.32. The van der Waals surface area contributed by atoms with E-state index in [9.17, 15) is 10.1 Å². The number of anilines is 2. The van der Waals surface area contributed by atoms with Crippen molar-refractivity contribution in [3.63, 3.8) is 0 Å². The maximum absolute atomic E-state index is 11.2. The van der Waals surface area contributed by atoms with Gasteiger partial charge >= 0.3 is 5.69 Å². The van der Waals surface area contributed by atoms with Crippen LogP contribution < -0.4 is 10.2 Å². The summed E-state index contributed by atoms with van der Waals surface area (Å²) in [7, 11) is 1.94. The summed E-state index contributed by atoms with van der Waals surface area (Å²) in [4.78, 5) is 21.5. The second kappa shape index (κ2) is 6.26. The van der Waals surface area contributed by atoms with Gasteiger partial charge in [0.05, 0.1) is 4.92 Å². The number of rotatable bonds is 5. The van der Waals surface area contributed by atoms with Crippen LogP contribution in [0.5, 0.6) is 0 Å². The van der Waals surface area contributed by atoms with Crippen molar-refractivity contribution in [3.8, 4) is 0 Å². The topological polar surface area (TPSA) is 115 Å². The van der Waals surface area contributed by atoms with Crippen LogP contribution in [0.25, 0.3) is 0 Å². The molecule has 1 N–H and O–H groups in total. The molecule has 1 saturated heterocycles. The molecule has 4 rings (SSSR count). The van der Waals surface area contributed by atoms with E-state index in [0.29, 0.717) is 11.8 Å². The molecular weight excluding hydrogens is 324 g/mol. The standard InChI is InChI=1S/C15H20N8O2/c1-21-9-17-20-14(21)10-3-2-6-22(8-10)15-16-7-12(23(24)25)13(19-15)18-11-4-5-11/h7,9-11H,2-6,8H2,1H3,(H,16,18,19). The number of nitrogens with zero attached hydrogens (tertiary/aromatic N) is 7. The van der Waals surface area contributed by atoms with Gasteiger partial charge in [-0.2, -0.15) is 4.98 Å². The Bertz CT molecular complexity index is 788. The van der Waals surface area contributed by atoms with Gasteiger partial charge in [0.25, 0.3) is 0 Å². The number of piperidine rings is 1. The smallest absolute Gasteiger partial charge is 0.329 e. The molecule has 1 aliphatic carbocycles. The molecule has 1 atom stereocenters. The van der Waals surface area contributed by atoms with Crippen molar-refractivity contribution in [1.29, 1.82) is 0 Å². The molecule has 2 fully saturated rings. The zero-order chi connectivity index (χ0) is 17.4. The van der Waals surface area contributed by atoms with Crippen molar-refractivity contribution in [2.75, 3.05) is 23.3 Å². The Morgan fingerprint density at radius 3 is 2.88 bits per heavy atom. The number of nitrogens with one attached hydrogen (secondary N) is 1. The van der Waals surface area contributed by atoms with Gasteiger partial charge in [0, 0.05) is 32.1 Å². The van der Waals surface area contributed by atoms with Gasteiger partial charge < -0.3 is 14.8 Å². The summed E-state index contributed by atoms with van der Waals surface area (Å²) >= 11 is 0. The lowest BCUT2D eigenvalue weighted by Gasteiger charge is -2.32. The first-order valence-corrected chi connectivity index (χ1v) is 8.48. The first-order valence-electron chi connectivity index (χ1n) is 8.48. The van der Waals surface area contributed by atoms with Gasteiger partial charge in [-0.25, -0.2) is 4.98 Å². The fourth-order valence-corrected chi connectivity index (χ4v) is 3.21. The summed E-state index contributed by atoms with van der Waals surface area (Å²) in [5.74, 6) is 2.04. The van der Waals surface area contributed by atoms with E-state index in [1.807, 2.05) is 11.6 Å². The average Bonchev–Trinajstić information content (AvgIpc) is 3.32. The SMILES string of the molecule is Cn1cnnc1C1CCCN(c2ncc([N+](=O)[O-])c(NC3CC3)n2)C1. The molecule has 10 nitrogen and oxygen atoms in total. The predicted octanol–water partition coefficient (Wildman–Crippen LogP) is 1.47. The Kier molecular flexibility index (Phi) is 3.94. The summed E-state index contributed by atoms with van der Waals surface area (Å²) in [6.07, 6.45) is 7.07. The zero-order valence-electron chi connectivity index (χ0n) is 14.0. The molecule has 0 spiro atoms. The van der Waals surface area contributed by atoms with Crippen molar-refractivity contribution < 1.29 is 4.92 Å². The van der Waals surface area contributed by atoms with Crippen LogP contribution in [0, 0.1) is 10.1 Å². The van der Waals surface area contributed by atoms with Crippen molar-refractivity contribution in [2.45, 2.75) is 37.6 Å². The number of aryl methyl sites for hydroxylation is 1. The third-order valence-corrected chi connectivity index (χ3v) is 4.69. The van der Waals surface area contributed by atoms with E-state index in [1.165, 1.54) is 6.20 Å². The largest absolute Gasteiger partial charge is 0.361 e. The van der Waals surface area contributed by atoms with E-state index in [-0.39, 0.29) is 17.6 Å². The molecule has 2 aromatic rings. The summed E-state index contributed by atoms with van der Waals surface area (Å²) in [5, 5.41) is 22.5. The minimum Gasteiger partial charge on any atom is -0.361 e.